The van der Waals surface area contributed by atoms with Crippen LogP contribution in [0.4, 0.5) is 0 Å². The fourth-order valence-corrected chi connectivity index (χ4v) is 6.95. The van der Waals surface area contributed by atoms with Crippen LogP contribution in [-0.4, -0.2) is 67.6 Å². The molecule has 4 aromatic rings. The average molecular weight is 709 g/mol. The molecule has 10 heteroatoms. The van der Waals surface area contributed by atoms with E-state index in [4.69, 9.17) is 4.74 Å². The summed E-state index contributed by atoms with van der Waals surface area (Å²) < 4.78 is 7.91. The van der Waals surface area contributed by atoms with Gasteiger partial charge in [0, 0.05) is 24.5 Å². The summed E-state index contributed by atoms with van der Waals surface area (Å²) in [5.74, 6) is 1.57. The number of likely N-dealkylation sites (tertiary alicyclic amines) is 1. The lowest BCUT2D eigenvalue weighted by Crippen LogP contribution is -2.35. The number of aliphatic hydroxyl groups is 2. The largest absolute Gasteiger partial charge is 0.487 e. The summed E-state index contributed by atoms with van der Waals surface area (Å²) in [4.78, 5) is 22.0. The summed E-state index contributed by atoms with van der Waals surface area (Å²) >= 11 is 0. The van der Waals surface area contributed by atoms with E-state index in [2.05, 4.69) is 38.4 Å². The third-order valence-corrected chi connectivity index (χ3v) is 9.97. The number of aromatic nitrogens is 4. The van der Waals surface area contributed by atoms with Gasteiger partial charge in [-0.3, -0.25) is 9.48 Å². The Morgan fingerprint density at radius 2 is 1.73 bits per heavy atom. The number of aromatic amines is 1. The molecule has 5 rings (SSSR count). The molecule has 0 bridgehead atoms. The normalized spacial score (nSPS) is 15.5. The van der Waals surface area contributed by atoms with Crippen LogP contribution in [0.5, 0.6) is 5.75 Å². The molecule has 278 valence electrons. The van der Waals surface area contributed by atoms with Gasteiger partial charge >= 0.3 is 0 Å². The Balaban J connectivity index is 0.900. The van der Waals surface area contributed by atoms with Gasteiger partial charge < -0.3 is 30.2 Å². The van der Waals surface area contributed by atoms with Gasteiger partial charge in [0.1, 0.15) is 24.8 Å². The van der Waals surface area contributed by atoms with Gasteiger partial charge in [-0.05, 0) is 86.6 Å². The fraction of sp³-hybridized carbons (Fsp3) is 0.452. The number of fused-ring (bicyclic) bond motifs is 1. The average Bonchev–Trinajstić information content (AvgIpc) is 3.64. The summed E-state index contributed by atoms with van der Waals surface area (Å²) in [5.41, 5.74) is 2.86. The van der Waals surface area contributed by atoms with E-state index in [1.165, 1.54) is 51.1 Å². The van der Waals surface area contributed by atoms with E-state index in [9.17, 15) is 15.0 Å². The summed E-state index contributed by atoms with van der Waals surface area (Å²) in [7, 11) is 0. The van der Waals surface area contributed by atoms with Crippen LogP contribution >= 0.6 is 0 Å². The van der Waals surface area contributed by atoms with E-state index >= 15 is 0 Å². The predicted molar refractivity (Wildman–Crippen MR) is 208 cm³/mol. The first kappa shape index (κ1) is 38.9. The molecule has 1 saturated heterocycles. The highest BCUT2D eigenvalue weighted by atomic mass is 16.5. The quantitative estimate of drug-likeness (QED) is 0.0519. The van der Waals surface area contributed by atoms with Crippen LogP contribution in [-0.2, 0) is 13.2 Å². The van der Waals surface area contributed by atoms with Gasteiger partial charge in [-0.2, -0.15) is 5.10 Å². The van der Waals surface area contributed by atoms with Gasteiger partial charge in [0.05, 0.1) is 11.6 Å². The molecule has 0 aliphatic carbocycles. The Bertz CT molecular complexity index is 1780. The van der Waals surface area contributed by atoms with Crippen LogP contribution in [0.1, 0.15) is 86.9 Å². The molecule has 2 aromatic carbocycles. The molecule has 1 fully saturated rings. The molecule has 0 spiro atoms. The van der Waals surface area contributed by atoms with Gasteiger partial charge in [-0.25, -0.2) is 4.98 Å². The van der Waals surface area contributed by atoms with Crippen molar-refractivity contribution >= 4 is 10.9 Å². The molecule has 1 aliphatic rings. The Morgan fingerprint density at radius 1 is 0.981 bits per heavy atom. The number of aliphatic hydroxyl groups excluding tert-OH is 2. The van der Waals surface area contributed by atoms with E-state index in [0.717, 1.165) is 62.0 Å². The number of allylic oxidation sites excluding steroid dienone is 2. The summed E-state index contributed by atoms with van der Waals surface area (Å²) in [6.45, 7) is 13.4. The lowest BCUT2D eigenvalue weighted by Gasteiger charge is -2.31. The minimum absolute atomic E-state index is 0.201. The Morgan fingerprint density at radius 3 is 2.48 bits per heavy atom. The molecule has 0 saturated carbocycles. The first-order valence-electron chi connectivity index (χ1n) is 18.9. The van der Waals surface area contributed by atoms with E-state index in [1.54, 1.807) is 30.6 Å². The second-order valence-corrected chi connectivity index (χ2v) is 13.9. The van der Waals surface area contributed by atoms with Gasteiger partial charge in [-0.1, -0.05) is 99.9 Å². The lowest BCUT2D eigenvalue weighted by atomic mass is 9.96. The van der Waals surface area contributed by atoms with E-state index in [-0.39, 0.29) is 5.56 Å². The topological polar surface area (TPSA) is 129 Å². The molecule has 3 heterocycles. The number of piperidine rings is 1. The molecule has 52 heavy (non-hydrogen) atoms. The monoisotopic (exact) mass is 708 g/mol. The molecular weight excluding hydrogens is 653 g/mol. The van der Waals surface area contributed by atoms with Crippen molar-refractivity contribution < 1.29 is 14.9 Å². The number of benzene rings is 2. The van der Waals surface area contributed by atoms with Crippen molar-refractivity contribution in [2.45, 2.75) is 83.1 Å². The SMILES string of the molecule is C=C/C=C(\C=C)C(O)c1ncn(CC2CCN(CCCCCCCCCNCC(O)c3ccc(OCc4ccccc4)c4[nH]c(=O)ccc34)CC2)n1. The summed E-state index contributed by atoms with van der Waals surface area (Å²) in [6, 6.07) is 16.9. The highest BCUT2D eigenvalue weighted by molar-refractivity contribution is 5.87. The smallest absolute Gasteiger partial charge is 0.248 e. The molecule has 2 atom stereocenters. The number of H-pyrrole nitrogens is 1. The summed E-state index contributed by atoms with van der Waals surface area (Å²) in [5, 5.41) is 30.3. The molecule has 0 radical (unpaired) electrons. The second-order valence-electron chi connectivity index (χ2n) is 13.9. The first-order chi connectivity index (χ1) is 25.4. The molecular formula is C42H56N6O4. The molecule has 2 unspecified atom stereocenters. The Hall–Kier alpha value is -4.35. The van der Waals surface area contributed by atoms with E-state index in [0.29, 0.717) is 41.7 Å². The number of ether oxygens (including phenoxy) is 1. The number of nitrogens with zero attached hydrogens (tertiary/aromatic N) is 4. The van der Waals surface area contributed by atoms with Crippen LogP contribution in [0, 0.1) is 5.92 Å². The molecule has 10 nitrogen and oxygen atoms in total. The summed E-state index contributed by atoms with van der Waals surface area (Å²) in [6.07, 6.45) is 16.0. The van der Waals surface area contributed by atoms with Crippen molar-refractivity contribution in [1.82, 2.24) is 30.0 Å². The van der Waals surface area contributed by atoms with Crippen molar-refractivity contribution in [2.75, 3.05) is 32.7 Å². The maximum absolute atomic E-state index is 12.1. The van der Waals surface area contributed by atoms with Crippen molar-refractivity contribution in [2.24, 2.45) is 5.92 Å². The first-order valence-corrected chi connectivity index (χ1v) is 18.9. The molecule has 1 aliphatic heterocycles. The third-order valence-electron chi connectivity index (χ3n) is 9.97. The number of nitrogens with one attached hydrogen (secondary N) is 2. The van der Waals surface area contributed by atoms with Gasteiger partial charge in [0.25, 0.3) is 0 Å². The molecule has 2 aromatic heterocycles. The molecule has 4 N–H and O–H groups in total. The van der Waals surface area contributed by atoms with Crippen molar-refractivity contribution in [3.63, 3.8) is 0 Å². The maximum atomic E-state index is 12.1. The Kier molecular flexibility index (Phi) is 15.4. The number of pyridine rings is 1. The van der Waals surface area contributed by atoms with E-state index in [1.807, 2.05) is 47.1 Å². The third kappa shape index (κ3) is 11.6. The van der Waals surface area contributed by atoms with Gasteiger partial charge in [0.2, 0.25) is 5.56 Å². The second kappa shape index (κ2) is 20.6. The zero-order valence-electron chi connectivity index (χ0n) is 30.5. The predicted octanol–water partition coefficient (Wildman–Crippen LogP) is 6.80. The van der Waals surface area contributed by atoms with Gasteiger partial charge in [-0.15, -0.1) is 0 Å². The zero-order valence-corrected chi connectivity index (χ0v) is 30.5. The maximum Gasteiger partial charge on any atom is 0.248 e. The highest BCUT2D eigenvalue weighted by Gasteiger charge is 2.21. The standard InChI is InChI=1S/C42H56N6O4/c1-3-15-34(4-2)41(51)42-44-31-48(46-42)29-32-22-26-47(27-23-32)25-14-9-7-5-6-8-13-24-43-28-37(49)35-18-20-38(40-36(35)19-21-39(50)45-40)52-30-33-16-11-10-12-17-33/h3-4,10-12,15-21,31-32,37,41,43,49,51H,1-2,5-9,13-14,22-30H2,(H,45,50)/b34-15+. The van der Waals surface area contributed by atoms with Crippen molar-refractivity contribution in [3.05, 3.63) is 125 Å². The van der Waals surface area contributed by atoms with Crippen LogP contribution in [0.2, 0.25) is 0 Å². The minimum Gasteiger partial charge on any atom is -0.487 e. The Labute approximate surface area is 307 Å². The van der Waals surface area contributed by atoms with E-state index < -0.39 is 12.2 Å². The number of hydrogen-bond acceptors (Lipinski definition) is 8. The number of rotatable bonds is 22. The van der Waals surface area contributed by atoms with Gasteiger partial charge in [0.15, 0.2) is 5.82 Å². The number of hydrogen-bond donors (Lipinski definition) is 4. The van der Waals surface area contributed by atoms with Crippen molar-refractivity contribution in [1.29, 1.82) is 0 Å². The lowest BCUT2D eigenvalue weighted by molar-refractivity contribution is 0.167. The van der Waals surface area contributed by atoms with Crippen LogP contribution in [0.3, 0.4) is 0 Å². The number of unbranched alkanes of at least 4 members (excludes halogenated alkanes) is 6. The zero-order chi connectivity index (χ0) is 36.5. The van der Waals surface area contributed by atoms with Crippen LogP contribution in [0.25, 0.3) is 10.9 Å². The fourth-order valence-electron chi connectivity index (χ4n) is 6.95. The van der Waals surface area contributed by atoms with Crippen LogP contribution in [0.15, 0.2) is 103 Å². The molecule has 0 amide bonds. The highest BCUT2D eigenvalue weighted by Crippen LogP contribution is 2.30. The van der Waals surface area contributed by atoms with Crippen LogP contribution < -0.4 is 15.6 Å². The van der Waals surface area contributed by atoms with Crippen molar-refractivity contribution in [3.8, 4) is 5.75 Å². The minimum atomic E-state index is -0.888.